The molecule has 0 saturated heterocycles. The third-order valence-corrected chi connectivity index (χ3v) is 4.48. The maximum Gasteiger partial charge on any atom is 0.147 e. The van der Waals surface area contributed by atoms with E-state index in [-0.39, 0.29) is 0 Å². The minimum Gasteiger partial charge on any atom is -0.369 e. The summed E-state index contributed by atoms with van der Waals surface area (Å²) in [6.07, 6.45) is 6.07. The molecule has 2 unspecified atom stereocenters. The summed E-state index contributed by atoms with van der Waals surface area (Å²) in [6.45, 7) is 5.25. The minimum absolute atomic E-state index is 0.453. The summed E-state index contributed by atoms with van der Waals surface area (Å²) in [7, 11) is 0. The molecule has 0 radical (unpaired) electrons. The van der Waals surface area contributed by atoms with Gasteiger partial charge in [0.15, 0.2) is 0 Å². The van der Waals surface area contributed by atoms with Crippen LogP contribution in [-0.2, 0) is 0 Å². The van der Waals surface area contributed by atoms with Gasteiger partial charge in [-0.1, -0.05) is 49.9 Å². The highest BCUT2D eigenvalue weighted by Gasteiger charge is 2.22. The molecule has 1 aromatic heterocycles. The molecule has 1 aliphatic carbocycles. The Bertz CT molecular complexity index is 451. The lowest BCUT2D eigenvalue weighted by molar-refractivity contribution is 0.349. The molecule has 3 nitrogen and oxygen atoms in total. The Balaban J connectivity index is 2.13. The smallest absolute Gasteiger partial charge is 0.147 e. The van der Waals surface area contributed by atoms with Gasteiger partial charge < -0.3 is 10.6 Å². The molecule has 2 atom stereocenters. The van der Waals surface area contributed by atoms with Gasteiger partial charge in [0.25, 0.3) is 0 Å². The van der Waals surface area contributed by atoms with E-state index in [9.17, 15) is 0 Å². The lowest BCUT2D eigenvalue weighted by Crippen LogP contribution is -2.30. The summed E-state index contributed by atoms with van der Waals surface area (Å²) >= 11 is 12.4. The summed E-state index contributed by atoms with van der Waals surface area (Å²) in [5, 5.41) is 7.91. The van der Waals surface area contributed by atoms with E-state index in [0.29, 0.717) is 27.8 Å². The van der Waals surface area contributed by atoms with Crippen LogP contribution in [0.5, 0.6) is 0 Å². The van der Waals surface area contributed by atoms with Crippen molar-refractivity contribution in [2.45, 2.75) is 52.0 Å². The first kappa shape index (κ1) is 15.7. The predicted molar refractivity (Wildman–Crippen MR) is 88.1 cm³/mol. The quantitative estimate of drug-likeness (QED) is 0.784. The van der Waals surface area contributed by atoms with Gasteiger partial charge in [0.1, 0.15) is 11.6 Å². The van der Waals surface area contributed by atoms with Crippen LogP contribution in [0.4, 0.5) is 11.6 Å². The van der Waals surface area contributed by atoms with Crippen LogP contribution in [0.3, 0.4) is 0 Å². The van der Waals surface area contributed by atoms with Crippen molar-refractivity contribution < 1.29 is 0 Å². The first-order valence-corrected chi connectivity index (χ1v) is 8.23. The second-order valence-corrected chi connectivity index (χ2v) is 6.40. The molecule has 112 valence electrons. The molecular weight excluding hydrogens is 293 g/mol. The van der Waals surface area contributed by atoms with Crippen molar-refractivity contribution in [2.24, 2.45) is 5.92 Å². The molecule has 0 aromatic carbocycles. The largest absolute Gasteiger partial charge is 0.369 e. The Morgan fingerprint density at radius 1 is 1.20 bits per heavy atom. The molecule has 2 rings (SSSR count). The van der Waals surface area contributed by atoms with Gasteiger partial charge in [-0.25, -0.2) is 4.98 Å². The maximum atomic E-state index is 6.27. The molecular formula is C15H23Cl2N3. The molecule has 0 aliphatic heterocycles. The van der Waals surface area contributed by atoms with E-state index >= 15 is 0 Å². The van der Waals surface area contributed by atoms with Gasteiger partial charge in [-0.2, -0.15) is 0 Å². The van der Waals surface area contributed by atoms with E-state index < -0.39 is 0 Å². The Morgan fingerprint density at radius 2 is 1.90 bits per heavy atom. The highest BCUT2D eigenvalue weighted by molar-refractivity contribution is 6.37. The number of nitrogens with one attached hydrogen (secondary N) is 2. The Hall–Kier alpha value is -0.670. The van der Waals surface area contributed by atoms with Crippen LogP contribution in [0, 0.1) is 5.92 Å². The van der Waals surface area contributed by atoms with Crippen LogP contribution in [-0.4, -0.2) is 17.6 Å². The molecule has 2 N–H and O–H groups in total. The van der Waals surface area contributed by atoms with E-state index in [1.807, 2.05) is 0 Å². The molecule has 0 bridgehead atoms. The van der Waals surface area contributed by atoms with Gasteiger partial charge in [0, 0.05) is 12.6 Å². The Labute approximate surface area is 131 Å². The molecule has 5 heteroatoms. The molecule has 1 aliphatic rings. The highest BCUT2D eigenvalue weighted by atomic mass is 35.5. The summed E-state index contributed by atoms with van der Waals surface area (Å²) in [4.78, 5) is 4.55. The summed E-state index contributed by atoms with van der Waals surface area (Å²) < 4.78 is 0. The van der Waals surface area contributed by atoms with Crippen molar-refractivity contribution in [1.29, 1.82) is 0 Å². The molecule has 0 spiro atoms. The SMILES string of the molecule is CCCNc1nc(NC2CCCCC2C)c(Cl)cc1Cl. The summed E-state index contributed by atoms with van der Waals surface area (Å²) in [5.41, 5.74) is 0. The van der Waals surface area contributed by atoms with E-state index in [2.05, 4.69) is 29.5 Å². The van der Waals surface area contributed by atoms with Crippen LogP contribution >= 0.6 is 23.2 Å². The lowest BCUT2D eigenvalue weighted by Gasteiger charge is -2.30. The zero-order chi connectivity index (χ0) is 14.5. The normalized spacial score (nSPS) is 22.6. The van der Waals surface area contributed by atoms with Gasteiger partial charge >= 0.3 is 0 Å². The number of pyridine rings is 1. The van der Waals surface area contributed by atoms with E-state index in [1.165, 1.54) is 25.7 Å². The number of hydrogen-bond acceptors (Lipinski definition) is 3. The van der Waals surface area contributed by atoms with Crippen molar-refractivity contribution >= 4 is 34.8 Å². The van der Waals surface area contributed by atoms with Gasteiger partial charge in [-0.15, -0.1) is 0 Å². The lowest BCUT2D eigenvalue weighted by atomic mass is 9.86. The number of anilines is 2. The second-order valence-electron chi connectivity index (χ2n) is 5.59. The third kappa shape index (κ3) is 3.92. The van der Waals surface area contributed by atoms with Gasteiger partial charge in [-0.3, -0.25) is 0 Å². The third-order valence-electron chi connectivity index (χ3n) is 3.91. The molecule has 20 heavy (non-hydrogen) atoms. The summed E-state index contributed by atoms with van der Waals surface area (Å²) in [5.74, 6) is 2.11. The average Bonchev–Trinajstić information content (AvgIpc) is 2.43. The standard InChI is InChI=1S/C15H23Cl2N3/c1-3-8-18-14-11(16)9-12(17)15(20-14)19-13-7-5-4-6-10(13)2/h9-10,13H,3-8H2,1-2H3,(H2,18,19,20). The maximum absolute atomic E-state index is 6.27. The number of rotatable bonds is 5. The predicted octanol–water partition coefficient (Wildman–Crippen LogP) is 5.20. The monoisotopic (exact) mass is 315 g/mol. The van der Waals surface area contributed by atoms with E-state index in [1.54, 1.807) is 6.07 Å². The van der Waals surface area contributed by atoms with E-state index in [0.717, 1.165) is 18.8 Å². The van der Waals surface area contributed by atoms with Crippen molar-refractivity contribution in [2.75, 3.05) is 17.2 Å². The second kappa shape index (κ2) is 7.37. The van der Waals surface area contributed by atoms with Gasteiger partial charge in [-0.05, 0) is 31.2 Å². The molecule has 1 aromatic rings. The Kier molecular flexibility index (Phi) is 5.79. The topological polar surface area (TPSA) is 37.0 Å². The van der Waals surface area contributed by atoms with Gasteiger partial charge in [0.05, 0.1) is 10.0 Å². The van der Waals surface area contributed by atoms with Crippen LogP contribution in [0.25, 0.3) is 0 Å². The molecule has 0 amide bonds. The van der Waals surface area contributed by atoms with E-state index in [4.69, 9.17) is 23.2 Å². The van der Waals surface area contributed by atoms with Crippen molar-refractivity contribution in [3.63, 3.8) is 0 Å². The van der Waals surface area contributed by atoms with Crippen molar-refractivity contribution in [3.05, 3.63) is 16.1 Å². The fourth-order valence-electron chi connectivity index (χ4n) is 2.64. The molecule has 1 heterocycles. The highest BCUT2D eigenvalue weighted by Crippen LogP contribution is 2.32. The fourth-order valence-corrected chi connectivity index (χ4v) is 3.12. The zero-order valence-electron chi connectivity index (χ0n) is 12.2. The summed E-state index contributed by atoms with van der Waals surface area (Å²) in [6, 6.07) is 2.22. The van der Waals surface area contributed by atoms with Crippen molar-refractivity contribution in [3.8, 4) is 0 Å². The van der Waals surface area contributed by atoms with Crippen LogP contribution in [0.1, 0.15) is 46.0 Å². The van der Waals surface area contributed by atoms with Crippen molar-refractivity contribution in [1.82, 2.24) is 4.98 Å². The molecule has 1 saturated carbocycles. The number of nitrogens with zero attached hydrogens (tertiary/aromatic N) is 1. The minimum atomic E-state index is 0.453. The van der Waals surface area contributed by atoms with Crippen LogP contribution in [0.2, 0.25) is 10.0 Å². The molecule has 1 fully saturated rings. The first-order valence-electron chi connectivity index (χ1n) is 7.48. The average molecular weight is 316 g/mol. The number of aromatic nitrogens is 1. The fraction of sp³-hybridized carbons (Fsp3) is 0.667. The first-order chi connectivity index (χ1) is 9.61. The zero-order valence-corrected chi connectivity index (χ0v) is 13.7. The van der Waals surface area contributed by atoms with Gasteiger partial charge in [0.2, 0.25) is 0 Å². The van der Waals surface area contributed by atoms with Crippen LogP contribution < -0.4 is 10.6 Å². The number of halogens is 2. The van der Waals surface area contributed by atoms with Crippen LogP contribution in [0.15, 0.2) is 6.07 Å². The number of hydrogen-bond donors (Lipinski definition) is 2. The Morgan fingerprint density at radius 3 is 2.60 bits per heavy atom.